The van der Waals surface area contributed by atoms with Gasteiger partial charge in [0.2, 0.25) is 0 Å². The van der Waals surface area contributed by atoms with Crippen LogP contribution in [0.4, 0.5) is 0 Å². The third-order valence-electron chi connectivity index (χ3n) is 1.53. The number of Topliss-reactive ketones (excluding diaryl/α,β-unsaturated/α-hetero) is 1. The molecule has 0 saturated carbocycles. The number of carbonyl (C=O) groups is 1. The van der Waals surface area contributed by atoms with Gasteiger partial charge in [0.05, 0.1) is 6.42 Å². The summed E-state index contributed by atoms with van der Waals surface area (Å²) < 4.78 is 1.60. The van der Waals surface area contributed by atoms with Crippen molar-refractivity contribution in [3.8, 4) is 0 Å². The molecular formula is C8H11N3O. The lowest BCUT2D eigenvalue weighted by Crippen LogP contribution is -2.07. The summed E-state index contributed by atoms with van der Waals surface area (Å²) in [6.45, 7) is 3.49. The van der Waals surface area contributed by atoms with E-state index in [1.54, 1.807) is 17.8 Å². The van der Waals surface area contributed by atoms with Gasteiger partial charge in [-0.1, -0.05) is 6.08 Å². The standard InChI is InChI=1S/C8H11N3O/c1-3-4-7(12)5-8-9-6-10-11(8)2/h3,6H,1,4-5H2,2H3. The first-order chi connectivity index (χ1) is 5.74. The van der Waals surface area contributed by atoms with E-state index in [1.165, 1.54) is 6.33 Å². The Morgan fingerprint density at radius 3 is 3.08 bits per heavy atom. The highest BCUT2D eigenvalue weighted by molar-refractivity contribution is 5.81. The number of hydrogen-bond acceptors (Lipinski definition) is 3. The first kappa shape index (κ1) is 8.64. The van der Waals surface area contributed by atoms with Crippen molar-refractivity contribution in [2.75, 3.05) is 0 Å². The lowest BCUT2D eigenvalue weighted by Gasteiger charge is -1.96. The van der Waals surface area contributed by atoms with Crippen molar-refractivity contribution >= 4 is 5.78 Å². The smallest absolute Gasteiger partial charge is 0.144 e. The zero-order valence-electron chi connectivity index (χ0n) is 7.03. The zero-order chi connectivity index (χ0) is 8.97. The molecule has 0 unspecified atom stereocenters. The summed E-state index contributed by atoms with van der Waals surface area (Å²) in [7, 11) is 1.77. The number of hydrogen-bond donors (Lipinski definition) is 0. The van der Waals surface area contributed by atoms with Crippen molar-refractivity contribution < 1.29 is 4.79 Å². The van der Waals surface area contributed by atoms with E-state index < -0.39 is 0 Å². The van der Waals surface area contributed by atoms with Gasteiger partial charge in [-0.25, -0.2) is 4.98 Å². The molecule has 4 heteroatoms. The van der Waals surface area contributed by atoms with E-state index in [4.69, 9.17) is 0 Å². The van der Waals surface area contributed by atoms with E-state index in [0.29, 0.717) is 18.7 Å². The van der Waals surface area contributed by atoms with Gasteiger partial charge in [0, 0.05) is 13.5 Å². The van der Waals surface area contributed by atoms with Crippen molar-refractivity contribution in [1.29, 1.82) is 0 Å². The fourth-order valence-electron chi connectivity index (χ4n) is 0.890. The van der Waals surface area contributed by atoms with Crippen LogP contribution in [-0.4, -0.2) is 20.5 Å². The Hall–Kier alpha value is -1.45. The Bertz CT molecular complexity index is 290. The Balaban J connectivity index is 2.57. The van der Waals surface area contributed by atoms with Crippen LogP contribution < -0.4 is 0 Å². The van der Waals surface area contributed by atoms with Crippen LogP contribution >= 0.6 is 0 Å². The summed E-state index contributed by atoms with van der Waals surface area (Å²) >= 11 is 0. The third kappa shape index (κ3) is 2.02. The topological polar surface area (TPSA) is 47.8 Å². The van der Waals surface area contributed by atoms with E-state index >= 15 is 0 Å². The number of carbonyl (C=O) groups excluding carboxylic acids is 1. The Morgan fingerprint density at radius 1 is 1.83 bits per heavy atom. The minimum atomic E-state index is 0.112. The van der Waals surface area contributed by atoms with Crippen molar-refractivity contribution in [2.24, 2.45) is 7.05 Å². The van der Waals surface area contributed by atoms with E-state index in [9.17, 15) is 4.79 Å². The quantitative estimate of drug-likeness (QED) is 0.610. The summed E-state index contributed by atoms with van der Waals surface area (Å²) in [5, 5.41) is 3.86. The molecule has 0 bridgehead atoms. The fraction of sp³-hybridized carbons (Fsp3) is 0.375. The van der Waals surface area contributed by atoms with Gasteiger partial charge >= 0.3 is 0 Å². The highest BCUT2D eigenvalue weighted by Gasteiger charge is 2.05. The van der Waals surface area contributed by atoms with Crippen LogP contribution in [0, 0.1) is 0 Å². The molecule has 0 fully saturated rings. The van der Waals surface area contributed by atoms with Gasteiger partial charge in [-0.3, -0.25) is 9.48 Å². The average Bonchev–Trinajstić information content (AvgIpc) is 2.37. The SMILES string of the molecule is C=CCC(=O)Cc1ncnn1C. The molecule has 0 aliphatic heterocycles. The van der Waals surface area contributed by atoms with Crippen molar-refractivity contribution in [1.82, 2.24) is 14.8 Å². The molecule has 0 spiro atoms. The Kier molecular flexibility index (Phi) is 2.74. The predicted octanol–water partition coefficient (Wildman–Crippen LogP) is 0.503. The molecule has 12 heavy (non-hydrogen) atoms. The summed E-state index contributed by atoms with van der Waals surface area (Å²) in [6.07, 6.45) is 3.77. The highest BCUT2D eigenvalue weighted by Crippen LogP contribution is 1.96. The number of aromatic nitrogens is 3. The second-order valence-corrected chi connectivity index (χ2v) is 2.51. The maximum atomic E-state index is 11.1. The first-order valence-corrected chi connectivity index (χ1v) is 3.69. The second kappa shape index (κ2) is 3.80. The normalized spacial score (nSPS) is 9.75. The van der Waals surface area contributed by atoms with Crippen LogP contribution in [0.5, 0.6) is 0 Å². The number of allylic oxidation sites excluding steroid dienone is 1. The van der Waals surface area contributed by atoms with E-state index in [0.717, 1.165) is 0 Å². The van der Waals surface area contributed by atoms with Crippen molar-refractivity contribution in [2.45, 2.75) is 12.8 Å². The molecule has 0 aromatic carbocycles. The average molecular weight is 165 g/mol. The lowest BCUT2D eigenvalue weighted by atomic mass is 10.2. The van der Waals surface area contributed by atoms with Gasteiger partial charge in [0.1, 0.15) is 17.9 Å². The van der Waals surface area contributed by atoms with E-state index in [2.05, 4.69) is 16.7 Å². The molecule has 0 amide bonds. The predicted molar refractivity (Wildman–Crippen MR) is 44.5 cm³/mol. The molecule has 0 aliphatic rings. The molecule has 1 heterocycles. The maximum absolute atomic E-state index is 11.1. The van der Waals surface area contributed by atoms with E-state index in [-0.39, 0.29) is 5.78 Å². The Morgan fingerprint density at radius 2 is 2.58 bits per heavy atom. The van der Waals surface area contributed by atoms with Gasteiger partial charge in [-0.15, -0.1) is 6.58 Å². The number of rotatable bonds is 4. The molecule has 1 rings (SSSR count). The van der Waals surface area contributed by atoms with Crippen molar-refractivity contribution in [3.05, 3.63) is 24.8 Å². The van der Waals surface area contributed by atoms with Crippen LogP contribution in [0.3, 0.4) is 0 Å². The number of nitrogens with zero attached hydrogens (tertiary/aromatic N) is 3. The van der Waals surface area contributed by atoms with Crippen LogP contribution in [0.1, 0.15) is 12.2 Å². The van der Waals surface area contributed by atoms with Gasteiger partial charge in [-0.2, -0.15) is 5.10 Å². The third-order valence-corrected chi connectivity index (χ3v) is 1.53. The molecule has 0 N–H and O–H groups in total. The molecule has 0 aliphatic carbocycles. The minimum Gasteiger partial charge on any atom is -0.299 e. The van der Waals surface area contributed by atoms with Crippen molar-refractivity contribution in [3.63, 3.8) is 0 Å². The van der Waals surface area contributed by atoms with Crippen LogP contribution in [0.25, 0.3) is 0 Å². The zero-order valence-corrected chi connectivity index (χ0v) is 7.03. The molecule has 0 radical (unpaired) electrons. The monoisotopic (exact) mass is 165 g/mol. The summed E-state index contributed by atoms with van der Waals surface area (Å²) in [5.41, 5.74) is 0. The number of aryl methyl sites for hydroxylation is 1. The van der Waals surface area contributed by atoms with Crippen LogP contribution in [0.2, 0.25) is 0 Å². The van der Waals surface area contributed by atoms with Crippen LogP contribution in [-0.2, 0) is 18.3 Å². The summed E-state index contributed by atoms with van der Waals surface area (Å²) in [6, 6.07) is 0. The number of ketones is 1. The summed E-state index contributed by atoms with van der Waals surface area (Å²) in [4.78, 5) is 15.0. The van der Waals surface area contributed by atoms with E-state index in [1.807, 2.05) is 0 Å². The molecule has 1 aromatic rings. The fourth-order valence-corrected chi connectivity index (χ4v) is 0.890. The van der Waals surface area contributed by atoms with Gasteiger partial charge < -0.3 is 0 Å². The maximum Gasteiger partial charge on any atom is 0.144 e. The largest absolute Gasteiger partial charge is 0.299 e. The first-order valence-electron chi connectivity index (χ1n) is 3.69. The highest BCUT2D eigenvalue weighted by atomic mass is 16.1. The molecule has 64 valence electrons. The second-order valence-electron chi connectivity index (χ2n) is 2.51. The molecular weight excluding hydrogens is 154 g/mol. The minimum absolute atomic E-state index is 0.112. The van der Waals surface area contributed by atoms with Gasteiger partial charge in [0.15, 0.2) is 0 Å². The summed E-state index contributed by atoms with van der Waals surface area (Å²) in [5.74, 6) is 0.808. The Labute approximate surface area is 70.9 Å². The van der Waals surface area contributed by atoms with Gasteiger partial charge in [0.25, 0.3) is 0 Å². The molecule has 4 nitrogen and oxygen atoms in total. The van der Waals surface area contributed by atoms with Crippen LogP contribution in [0.15, 0.2) is 19.0 Å². The lowest BCUT2D eigenvalue weighted by molar-refractivity contribution is -0.117. The molecule has 0 atom stereocenters. The molecule has 1 aromatic heterocycles. The molecule has 0 saturated heterocycles. The van der Waals surface area contributed by atoms with Gasteiger partial charge in [-0.05, 0) is 0 Å².